The van der Waals surface area contributed by atoms with Gasteiger partial charge in [-0.15, -0.1) is 0 Å². The highest BCUT2D eigenvalue weighted by molar-refractivity contribution is 5.80. The lowest BCUT2D eigenvalue weighted by molar-refractivity contribution is 0.480. The number of rotatable bonds is 0. The van der Waals surface area contributed by atoms with Gasteiger partial charge in [0.1, 0.15) is 5.52 Å². The van der Waals surface area contributed by atoms with E-state index < -0.39 is 0 Å². The molecule has 0 saturated carbocycles. The van der Waals surface area contributed by atoms with Crippen molar-refractivity contribution in [1.82, 2.24) is 9.97 Å². The number of aromatic hydroxyl groups is 1. The van der Waals surface area contributed by atoms with Crippen LogP contribution in [-0.2, 0) is 0 Å². The van der Waals surface area contributed by atoms with Crippen molar-refractivity contribution in [3.8, 4) is 5.75 Å². The van der Waals surface area contributed by atoms with Gasteiger partial charge in [-0.25, -0.2) is 0 Å². The zero-order valence-corrected chi connectivity index (χ0v) is 5.70. The molecule has 2 rings (SSSR count). The maximum Gasteiger partial charge on any atom is 0.159 e. The van der Waals surface area contributed by atoms with Crippen molar-refractivity contribution in [1.29, 1.82) is 0 Å². The Bertz CT molecular complexity index is 356. The summed E-state index contributed by atoms with van der Waals surface area (Å²) in [6, 6.07) is 3.68. The Morgan fingerprint density at radius 2 is 2.27 bits per heavy atom. The lowest BCUT2D eigenvalue weighted by atomic mass is 10.4. The molecule has 4 N–H and O–H groups in total. The second-order valence-corrected chi connectivity index (χ2v) is 2.07. The number of aromatic nitrogens is 2. The number of fused-ring (bicyclic) bond motifs is 1. The SMILES string of the molecule is O.Oc1c[nH]c2cccnc12. The minimum atomic E-state index is 0. The van der Waals surface area contributed by atoms with Crippen LogP contribution in [0.1, 0.15) is 0 Å². The molecule has 58 valence electrons. The lowest BCUT2D eigenvalue weighted by Gasteiger charge is -1.85. The van der Waals surface area contributed by atoms with Gasteiger partial charge < -0.3 is 15.6 Å². The maximum absolute atomic E-state index is 9.12. The molecule has 0 unspecified atom stereocenters. The van der Waals surface area contributed by atoms with E-state index in [-0.39, 0.29) is 11.2 Å². The second-order valence-electron chi connectivity index (χ2n) is 2.07. The predicted molar refractivity (Wildman–Crippen MR) is 41.4 cm³/mol. The number of pyridine rings is 1. The molecule has 2 heterocycles. The van der Waals surface area contributed by atoms with E-state index in [1.54, 1.807) is 6.20 Å². The molecular weight excluding hydrogens is 144 g/mol. The van der Waals surface area contributed by atoms with Gasteiger partial charge in [0.25, 0.3) is 0 Å². The van der Waals surface area contributed by atoms with Gasteiger partial charge in [-0.3, -0.25) is 4.98 Å². The molecule has 0 aliphatic heterocycles. The molecule has 4 heteroatoms. The van der Waals surface area contributed by atoms with Gasteiger partial charge in [0.05, 0.1) is 5.52 Å². The summed E-state index contributed by atoms with van der Waals surface area (Å²) in [5.74, 6) is 0.204. The first-order valence-electron chi connectivity index (χ1n) is 2.99. The van der Waals surface area contributed by atoms with Gasteiger partial charge in [0, 0.05) is 12.4 Å². The lowest BCUT2D eigenvalue weighted by Crippen LogP contribution is -1.70. The predicted octanol–water partition coefficient (Wildman–Crippen LogP) is 0.444. The van der Waals surface area contributed by atoms with Gasteiger partial charge >= 0.3 is 0 Å². The molecule has 0 fully saturated rings. The Morgan fingerprint density at radius 3 is 3.00 bits per heavy atom. The fourth-order valence-electron chi connectivity index (χ4n) is 0.940. The zero-order valence-electron chi connectivity index (χ0n) is 5.70. The first-order valence-corrected chi connectivity index (χ1v) is 2.99. The monoisotopic (exact) mass is 152 g/mol. The van der Waals surface area contributed by atoms with Crippen LogP contribution in [0.3, 0.4) is 0 Å². The van der Waals surface area contributed by atoms with Crippen LogP contribution in [0.4, 0.5) is 0 Å². The molecule has 0 spiro atoms. The largest absolute Gasteiger partial charge is 0.504 e. The Balaban J connectivity index is 0.000000605. The van der Waals surface area contributed by atoms with E-state index in [0.717, 1.165) is 5.52 Å². The van der Waals surface area contributed by atoms with Crippen LogP contribution in [0.2, 0.25) is 0 Å². The number of nitrogens with zero attached hydrogens (tertiary/aromatic N) is 1. The summed E-state index contributed by atoms with van der Waals surface area (Å²) >= 11 is 0. The van der Waals surface area contributed by atoms with Crippen LogP contribution >= 0.6 is 0 Å². The number of hydrogen-bond donors (Lipinski definition) is 2. The summed E-state index contributed by atoms with van der Waals surface area (Å²) in [6.07, 6.45) is 3.17. The summed E-state index contributed by atoms with van der Waals surface area (Å²) in [6.45, 7) is 0. The Kier molecular flexibility index (Phi) is 1.78. The third kappa shape index (κ3) is 1.03. The zero-order chi connectivity index (χ0) is 6.97. The maximum atomic E-state index is 9.12. The summed E-state index contributed by atoms with van der Waals surface area (Å²) in [5, 5.41) is 9.12. The Labute approximate surface area is 62.8 Å². The second kappa shape index (κ2) is 2.59. The van der Waals surface area contributed by atoms with Gasteiger partial charge in [-0.05, 0) is 12.1 Å². The van der Waals surface area contributed by atoms with E-state index in [1.807, 2.05) is 12.1 Å². The smallest absolute Gasteiger partial charge is 0.159 e. The van der Waals surface area contributed by atoms with Crippen molar-refractivity contribution in [3.63, 3.8) is 0 Å². The fourth-order valence-corrected chi connectivity index (χ4v) is 0.940. The van der Waals surface area contributed by atoms with Gasteiger partial charge in [-0.1, -0.05) is 0 Å². The molecule has 0 aliphatic rings. The highest BCUT2D eigenvalue weighted by Crippen LogP contribution is 2.19. The minimum Gasteiger partial charge on any atom is -0.504 e. The van der Waals surface area contributed by atoms with Crippen LogP contribution in [0.5, 0.6) is 5.75 Å². The number of aromatic amines is 1. The molecule has 0 radical (unpaired) electrons. The molecule has 0 atom stereocenters. The normalized spacial score (nSPS) is 9.45. The van der Waals surface area contributed by atoms with Crippen molar-refractivity contribution in [2.45, 2.75) is 0 Å². The van der Waals surface area contributed by atoms with E-state index in [9.17, 15) is 0 Å². The minimum absolute atomic E-state index is 0. The van der Waals surface area contributed by atoms with Crippen molar-refractivity contribution in [2.24, 2.45) is 0 Å². The number of hydrogen-bond acceptors (Lipinski definition) is 2. The topological polar surface area (TPSA) is 80.4 Å². The molecule has 2 aromatic rings. The Morgan fingerprint density at radius 1 is 1.45 bits per heavy atom. The average Bonchev–Trinajstić information content (AvgIpc) is 2.34. The van der Waals surface area contributed by atoms with Crippen molar-refractivity contribution >= 4 is 11.0 Å². The summed E-state index contributed by atoms with van der Waals surface area (Å²) < 4.78 is 0. The van der Waals surface area contributed by atoms with E-state index in [4.69, 9.17) is 5.11 Å². The van der Waals surface area contributed by atoms with Gasteiger partial charge in [0.2, 0.25) is 0 Å². The molecular formula is C7H8N2O2. The van der Waals surface area contributed by atoms with E-state index in [2.05, 4.69) is 9.97 Å². The molecule has 2 aromatic heterocycles. The van der Waals surface area contributed by atoms with Crippen LogP contribution in [0.25, 0.3) is 11.0 Å². The van der Waals surface area contributed by atoms with Gasteiger partial charge in [0.15, 0.2) is 5.75 Å². The third-order valence-electron chi connectivity index (χ3n) is 1.41. The van der Waals surface area contributed by atoms with E-state index in [0.29, 0.717) is 5.52 Å². The van der Waals surface area contributed by atoms with Crippen LogP contribution in [0.15, 0.2) is 24.5 Å². The van der Waals surface area contributed by atoms with Crippen LogP contribution in [-0.4, -0.2) is 20.6 Å². The molecule has 0 aromatic carbocycles. The molecule has 0 bridgehead atoms. The highest BCUT2D eigenvalue weighted by Gasteiger charge is 1.98. The standard InChI is InChI=1S/C7H6N2O.H2O/c10-6-4-9-5-2-1-3-8-7(5)6;/h1-4,9-10H;1H2. The average molecular weight is 152 g/mol. The summed E-state index contributed by atoms with van der Waals surface area (Å²) in [7, 11) is 0. The van der Waals surface area contributed by atoms with Crippen molar-refractivity contribution in [3.05, 3.63) is 24.5 Å². The van der Waals surface area contributed by atoms with Crippen LogP contribution in [0, 0.1) is 0 Å². The molecule has 11 heavy (non-hydrogen) atoms. The number of H-pyrrole nitrogens is 1. The molecule has 0 amide bonds. The third-order valence-corrected chi connectivity index (χ3v) is 1.41. The summed E-state index contributed by atoms with van der Waals surface area (Å²) in [5.41, 5.74) is 1.49. The molecule has 0 aliphatic carbocycles. The number of nitrogens with one attached hydrogen (secondary N) is 1. The first-order chi connectivity index (χ1) is 4.88. The van der Waals surface area contributed by atoms with E-state index in [1.165, 1.54) is 6.20 Å². The fraction of sp³-hybridized carbons (Fsp3) is 0. The van der Waals surface area contributed by atoms with Crippen molar-refractivity contribution in [2.75, 3.05) is 0 Å². The van der Waals surface area contributed by atoms with E-state index >= 15 is 0 Å². The van der Waals surface area contributed by atoms with Crippen molar-refractivity contribution < 1.29 is 10.6 Å². The molecule has 0 saturated heterocycles. The summed E-state index contributed by atoms with van der Waals surface area (Å²) in [4.78, 5) is 6.83. The Hall–Kier alpha value is -1.55. The quantitative estimate of drug-likeness (QED) is 0.574. The highest BCUT2D eigenvalue weighted by atomic mass is 16.3. The van der Waals surface area contributed by atoms with Crippen LogP contribution < -0.4 is 0 Å². The first kappa shape index (κ1) is 7.56. The van der Waals surface area contributed by atoms with Gasteiger partial charge in [-0.2, -0.15) is 0 Å². The molecule has 4 nitrogen and oxygen atoms in total.